The van der Waals surface area contributed by atoms with Crippen LogP contribution in [0.2, 0.25) is 0 Å². The summed E-state index contributed by atoms with van der Waals surface area (Å²) in [5, 5.41) is 6.56. The molecule has 3 aromatic rings. The number of rotatable bonds is 4. The molecule has 1 aliphatic rings. The average Bonchev–Trinajstić information content (AvgIpc) is 3.21. The van der Waals surface area contributed by atoms with Crippen molar-refractivity contribution in [2.24, 2.45) is 0 Å². The SMILES string of the molecule is O=C(Cc1csc(-c2ccccc2)n1)Nc1nc2c(s1)CCCC2. The number of carbonyl (C=O) groups is 1. The Morgan fingerprint density at radius 1 is 1.12 bits per heavy atom. The number of anilines is 1. The maximum Gasteiger partial charge on any atom is 0.232 e. The molecule has 4 nitrogen and oxygen atoms in total. The van der Waals surface area contributed by atoms with Gasteiger partial charge in [0, 0.05) is 15.8 Å². The number of hydrogen-bond donors (Lipinski definition) is 1. The van der Waals surface area contributed by atoms with E-state index >= 15 is 0 Å². The van der Waals surface area contributed by atoms with Crippen LogP contribution < -0.4 is 5.32 Å². The molecular weight excluding hydrogens is 338 g/mol. The molecule has 0 saturated heterocycles. The van der Waals surface area contributed by atoms with Gasteiger partial charge in [0.05, 0.1) is 17.8 Å². The highest BCUT2D eigenvalue weighted by molar-refractivity contribution is 7.16. The van der Waals surface area contributed by atoms with Crippen molar-refractivity contribution in [3.63, 3.8) is 0 Å². The number of benzene rings is 1. The highest BCUT2D eigenvalue weighted by atomic mass is 32.1. The molecule has 0 unspecified atom stereocenters. The minimum Gasteiger partial charge on any atom is -0.302 e. The monoisotopic (exact) mass is 355 g/mol. The van der Waals surface area contributed by atoms with E-state index in [1.165, 1.54) is 23.4 Å². The van der Waals surface area contributed by atoms with Crippen LogP contribution in [0.4, 0.5) is 5.13 Å². The van der Waals surface area contributed by atoms with Crippen LogP contribution in [0.15, 0.2) is 35.7 Å². The Balaban J connectivity index is 1.41. The molecule has 1 aromatic carbocycles. The van der Waals surface area contributed by atoms with Gasteiger partial charge in [-0.05, 0) is 25.7 Å². The Morgan fingerprint density at radius 3 is 2.79 bits per heavy atom. The van der Waals surface area contributed by atoms with Gasteiger partial charge in [-0.3, -0.25) is 4.79 Å². The molecule has 0 atom stereocenters. The lowest BCUT2D eigenvalue weighted by Gasteiger charge is -2.06. The number of aryl methyl sites for hydroxylation is 2. The number of amides is 1. The third-order valence-electron chi connectivity index (χ3n) is 4.01. The second-order valence-corrected chi connectivity index (χ2v) is 7.77. The van der Waals surface area contributed by atoms with Crippen LogP contribution in [0, 0.1) is 0 Å². The summed E-state index contributed by atoms with van der Waals surface area (Å²) in [7, 11) is 0. The zero-order valence-electron chi connectivity index (χ0n) is 13.1. The maximum absolute atomic E-state index is 12.3. The first kappa shape index (κ1) is 15.5. The van der Waals surface area contributed by atoms with Crippen molar-refractivity contribution in [1.82, 2.24) is 9.97 Å². The van der Waals surface area contributed by atoms with Crippen LogP contribution in [0.3, 0.4) is 0 Å². The molecule has 4 rings (SSSR count). The van der Waals surface area contributed by atoms with Gasteiger partial charge in [-0.2, -0.15) is 0 Å². The molecule has 6 heteroatoms. The van der Waals surface area contributed by atoms with Crippen LogP contribution >= 0.6 is 22.7 Å². The fourth-order valence-corrected chi connectivity index (χ4v) is 4.73. The second-order valence-electron chi connectivity index (χ2n) is 5.83. The van der Waals surface area contributed by atoms with Crippen LogP contribution in [0.5, 0.6) is 0 Å². The lowest BCUT2D eigenvalue weighted by molar-refractivity contribution is -0.115. The van der Waals surface area contributed by atoms with Gasteiger partial charge in [-0.1, -0.05) is 30.3 Å². The molecule has 0 fully saturated rings. The highest BCUT2D eigenvalue weighted by Crippen LogP contribution is 2.29. The van der Waals surface area contributed by atoms with Crippen LogP contribution in [0.1, 0.15) is 29.1 Å². The molecule has 0 spiro atoms. The summed E-state index contributed by atoms with van der Waals surface area (Å²) in [6, 6.07) is 10.0. The Labute approximate surface area is 148 Å². The first-order chi connectivity index (χ1) is 11.8. The van der Waals surface area contributed by atoms with E-state index in [-0.39, 0.29) is 12.3 Å². The molecule has 0 radical (unpaired) electrons. The number of thiazole rings is 2. The van der Waals surface area contributed by atoms with E-state index in [0.29, 0.717) is 0 Å². The molecule has 0 saturated carbocycles. The zero-order valence-corrected chi connectivity index (χ0v) is 14.8. The number of nitrogens with one attached hydrogen (secondary N) is 1. The molecule has 1 amide bonds. The summed E-state index contributed by atoms with van der Waals surface area (Å²) in [5.41, 5.74) is 3.06. The van der Waals surface area contributed by atoms with Crippen molar-refractivity contribution in [1.29, 1.82) is 0 Å². The van der Waals surface area contributed by atoms with Gasteiger partial charge in [0.25, 0.3) is 0 Å². The van der Waals surface area contributed by atoms with Gasteiger partial charge < -0.3 is 5.32 Å². The fourth-order valence-electron chi connectivity index (χ4n) is 2.83. The van der Waals surface area contributed by atoms with Crippen molar-refractivity contribution in [2.45, 2.75) is 32.1 Å². The van der Waals surface area contributed by atoms with Crippen molar-refractivity contribution in [3.8, 4) is 10.6 Å². The molecule has 122 valence electrons. The summed E-state index contributed by atoms with van der Waals surface area (Å²) >= 11 is 3.18. The topological polar surface area (TPSA) is 54.9 Å². The lowest BCUT2D eigenvalue weighted by Crippen LogP contribution is -2.14. The Morgan fingerprint density at radius 2 is 1.96 bits per heavy atom. The van der Waals surface area contributed by atoms with Crippen molar-refractivity contribution in [3.05, 3.63) is 52.0 Å². The predicted octanol–water partition coefficient (Wildman–Crippen LogP) is 4.33. The van der Waals surface area contributed by atoms with Crippen LogP contribution in [-0.4, -0.2) is 15.9 Å². The third kappa shape index (κ3) is 3.39. The standard InChI is InChI=1S/C18H17N3OS2/c22-16(21-18-20-14-8-4-5-9-15(14)24-18)10-13-11-23-17(19-13)12-6-2-1-3-7-12/h1-3,6-7,11H,4-5,8-10H2,(H,20,21,22). The molecule has 2 heterocycles. The second kappa shape index (κ2) is 6.83. The van der Waals surface area contributed by atoms with Gasteiger partial charge in [0.15, 0.2) is 5.13 Å². The van der Waals surface area contributed by atoms with Gasteiger partial charge in [0.1, 0.15) is 5.01 Å². The predicted molar refractivity (Wildman–Crippen MR) is 98.6 cm³/mol. The van der Waals surface area contributed by atoms with E-state index in [9.17, 15) is 4.79 Å². The van der Waals surface area contributed by atoms with Gasteiger partial charge in [0.2, 0.25) is 5.91 Å². The van der Waals surface area contributed by atoms with Crippen LogP contribution in [0.25, 0.3) is 10.6 Å². The molecular formula is C18H17N3OS2. The fraction of sp³-hybridized carbons (Fsp3) is 0.278. The number of hydrogen-bond acceptors (Lipinski definition) is 5. The normalized spacial score (nSPS) is 13.5. The number of aromatic nitrogens is 2. The first-order valence-corrected chi connectivity index (χ1v) is 9.76. The van der Waals surface area contributed by atoms with Gasteiger partial charge in [-0.25, -0.2) is 9.97 Å². The Kier molecular flexibility index (Phi) is 4.40. The summed E-state index contributed by atoms with van der Waals surface area (Å²) in [5.74, 6) is -0.0500. The minimum absolute atomic E-state index is 0.0500. The summed E-state index contributed by atoms with van der Waals surface area (Å²) in [6.45, 7) is 0. The largest absolute Gasteiger partial charge is 0.302 e. The summed E-state index contributed by atoms with van der Waals surface area (Å²) < 4.78 is 0. The number of nitrogens with zero attached hydrogens (tertiary/aromatic N) is 2. The smallest absolute Gasteiger partial charge is 0.232 e. The van der Waals surface area contributed by atoms with E-state index in [1.807, 2.05) is 35.7 Å². The summed E-state index contributed by atoms with van der Waals surface area (Å²) in [4.78, 5) is 22.7. The van der Waals surface area contributed by atoms with Crippen molar-refractivity contribution in [2.75, 3.05) is 5.32 Å². The minimum atomic E-state index is -0.0500. The molecule has 24 heavy (non-hydrogen) atoms. The Bertz CT molecular complexity index is 831. The average molecular weight is 355 g/mol. The Hall–Kier alpha value is -2.05. The van der Waals surface area contributed by atoms with E-state index in [4.69, 9.17) is 0 Å². The van der Waals surface area contributed by atoms with E-state index in [0.717, 1.165) is 34.2 Å². The van der Waals surface area contributed by atoms with E-state index < -0.39 is 0 Å². The molecule has 1 aliphatic carbocycles. The van der Waals surface area contributed by atoms with Gasteiger partial charge >= 0.3 is 0 Å². The van der Waals surface area contributed by atoms with E-state index in [1.54, 1.807) is 22.7 Å². The molecule has 2 aromatic heterocycles. The number of carbonyl (C=O) groups excluding carboxylic acids is 1. The lowest BCUT2D eigenvalue weighted by atomic mass is 10.0. The van der Waals surface area contributed by atoms with Gasteiger partial charge in [-0.15, -0.1) is 22.7 Å². The summed E-state index contributed by atoms with van der Waals surface area (Å²) in [6.07, 6.45) is 4.84. The first-order valence-electron chi connectivity index (χ1n) is 8.06. The van der Waals surface area contributed by atoms with Crippen molar-refractivity contribution >= 4 is 33.7 Å². The number of fused-ring (bicyclic) bond motifs is 1. The molecule has 1 N–H and O–H groups in total. The highest BCUT2D eigenvalue weighted by Gasteiger charge is 2.17. The van der Waals surface area contributed by atoms with Crippen LogP contribution in [-0.2, 0) is 24.1 Å². The third-order valence-corrected chi connectivity index (χ3v) is 6.02. The molecule has 0 bridgehead atoms. The quantitative estimate of drug-likeness (QED) is 0.758. The van der Waals surface area contributed by atoms with E-state index in [2.05, 4.69) is 15.3 Å². The zero-order chi connectivity index (χ0) is 16.4. The maximum atomic E-state index is 12.3. The van der Waals surface area contributed by atoms with Crippen molar-refractivity contribution < 1.29 is 4.79 Å². The molecule has 0 aliphatic heterocycles.